The van der Waals surface area contributed by atoms with E-state index >= 15 is 0 Å². The Labute approximate surface area is 187 Å². The number of ether oxygens (including phenoxy) is 2. The number of aromatic nitrogens is 4. The summed E-state index contributed by atoms with van der Waals surface area (Å²) in [5.74, 6) is 1.43. The molecule has 164 valence electrons. The molecule has 10 heteroatoms. The Hall–Kier alpha value is -3.92. The van der Waals surface area contributed by atoms with Gasteiger partial charge in [-0.3, -0.25) is 14.6 Å². The smallest absolute Gasteiger partial charge is 0.263 e. The van der Waals surface area contributed by atoms with E-state index in [0.717, 1.165) is 4.88 Å². The maximum Gasteiger partial charge on any atom is 0.263 e. The van der Waals surface area contributed by atoms with Gasteiger partial charge in [-0.15, -0.1) is 11.3 Å². The van der Waals surface area contributed by atoms with Crippen LogP contribution in [0.5, 0.6) is 11.5 Å². The first-order valence-electron chi connectivity index (χ1n) is 9.73. The standard InChI is InChI=1S/C22H21N5O4S/c1-13-14(2)23-22(25-21(13)29)27-19(11-17(26-27)18-5-4-10-32-18)24-20(28)12-31-16-8-6-15(30-3)7-9-16/h4-11H,12H2,1-3H3,(H,24,28)(H,23,25,29). The van der Waals surface area contributed by atoms with Crippen LogP contribution in [0.2, 0.25) is 0 Å². The first-order chi connectivity index (χ1) is 15.4. The van der Waals surface area contributed by atoms with Crippen molar-refractivity contribution in [2.45, 2.75) is 13.8 Å². The molecule has 0 bridgehead atoms. The number of carbonyl (C=O) groups excluding carboxylic acids is 1. The third kappa shape index (κ3) is 4.54. The van der Waals surface area contributed by atoms with Crippen LogP contribution in [0, 0.1) is 13.8 Å². The van der Waals surface area contributed by atoms with Gasteiger partial charge in [0.05, 0.1) is 12.0 Å². The minimum atomic E-state index is -0.383. The van der Waals surface area contributed by atoms with Crippen LogP contribution in [0.4, 0.5) is 5.82 Å². The molecule has 0 spiro atoms. The lowest BCUT2D eigenvalue weighted by Crippen LogP contribution is -2.23. The van der Waals surface area contributed by atoms with Crippen molar-refractivity contribution in [3.8, 4) is 28.0 Å². The second-order valence-electron chi connectivity index (χ2n) is 6.92. The second kappa shape index (κ2) is 9.06. The van der Waals surface area contributed by atoms with Crippen molar-refractivity contribution >= 4 is 23.1 Å². The first-order valence-corrected chi connectivity index (χ1v) is 10.6. The fourth-order valence-electron chi connectivity index (χ4n) is 2.91. The van der Waals surface area contributed by atoms with Gasteiger partial charge in [-0.05, 0) is 49.6 Å². The number of hydrogen-bond donors (Lipinski definition) is 2. The molecule has 0 saturated heterocycles. The topological polar surface area (TPSA) is 111 Å². The number of rotatable bonds is 7. The largest absolute Gasteiger partial charge is 0.497 e. The van der Waals surface area contributed by atoms with Crippen molar-refractivity contribution in [1.29, 1.82) is 0 Å². The van der Waals surface area contributed by atoms with Gasteiger partial charge >= 0.3 is 0 Å². The zero-order valence-corrected chi connectivity index (χ0v) is 18.5. The Kier molecular flexibility index (Phi) is 6.04. The number of carbonyl (C=O) groups is 1. The van der Waals surface area contributed by atoms with E-state index in [1.807, 2.05) is 17.5 Å². The molecule has 0 saturated carbocycles. The van der Waals surface area contributed by atoms with Crippen molar-refractivity contribution in [2.75, 3.05) is 19.0 Å². The van der Waals surface area contributed by atoms with Gasteiger partial charge in [0.1, 0.15) is 23.0 Å². The highest BCUT2D eigenvalue weighted by Crippen LogP contribution is 2.27. The Morgan fingerprint density at radius 3 is 2.59 bits per heavy atom. The Balaban J connectivity index is 1.59. The summed E-state index contributed by atoms with van der Waals surface area (Å²) in [6.07, 6.45) is 0. The molecule has 9 nitrogen and oxygen atoms in total. The SMILES string of the molecule is COc1ccc(OCC(=O)Nc2cc(-c3cccs3)nn2-c2nc(C)c(C)c(=O)[nH]2)cc1. The molecule has 0 aliphatic heterocycles. The molecule has 3 aromatic heterocycles. The summed E-state index contributed by atoms with van der Waals surface area (Å²) in [6, 6.07) is 12.5. The molecule has 0 aliphatic rings. The van der Waals surface area contributed by atoms with Crippen molar-refractivity contribution in [3.63, 3.8) is 0 Å². The van der Waals surface area contributed by atoms with Crippen LogP contribution < -0.4 is 20.3 Å². The zero-order chi connectivity index (χ0) is 22.7. The summed E-state index contributed by atoms with van der Waals surface area (Å²) in [4.78, 5) is 32.9. The van der Waals surface area contributed by atoms with Crippen LogP contribution >= 0.6 is 11.3 Å². The van der Waals surface area contributed by atoms with Crippen LogP contribution in [-0.4, -0.2) is 39.4 Å². The monoisotopic (exact) mass is 451 g/mol. The highest BCUT2D eigenvalue weighted by Gasteiger charge is 2.17. The van der Waals surface area contributed by atoms with Gasteiger partial charge in [-0.25, -0.2) is 4.98 Å². The van der Waals surface area contributed by atoms with Crippen molar-refractivity contribution in [3.05, 3.63) is 69.5 Å². The fraction of sp³-hybridized carbons (Fsp3) is 0.182. The molecular weight excluding hydrogens is 430 g/mol. The molecular formula is C22H21N5O4S. The van der Waals surface area contributed by atoms with E-state index in [1.54, 1.807) is 51.3 Å². The maximum absolute atomic E-state index is 12.6. The Morgan fingerprint density at radius 1 is 1.19 bits per heavy atom. The number of aromatic amines is 1. The maximum atomic E-state index is 12.6. The number of H-pyrrole nitrogens is 1. The summed E-state index contributed by atoms with van der Waals surface area (Å²) < 4.78 is 12.1. The highest BCUT2D eigenvalue weighted by atomic mass is 32.1. The van der Waals surface area contributed by atoms with Crippen molar-refractivity contribution in [2.24, 2.45) is 0 Å². The molecule has 0 aliphatic carbocycles. The molecule has 0 unspecified atom stereocenters. The van der Waals surface area contributed by atoms with Crippen molar-refractivity contribution < 1.29 is 14.3 Å². The minimum Gasteiger partial charge on any atom is -0.497 e. The summed E-state index contributed by atoms with van der Waals surface area (Å²) in [5, 5.41) is 9.28. The van der Waals surface area contributed by atoms with E-state index in [2.05, 4.69) is 20.4 Å². The molecule has 4 rings (SSSR count). The summed E-state index contributed by atoms with van der Waals surface area (Å²) in [7, 11) is 1.58. The van der Waals surface area contributed by atoms with E-state index in [1.165, 1.54) is 16.0 Å². The molecule has 1 aromatic carbocycles. The fourth-order valence-corrected chi connectivity index (χ4v) is 3.59. The third-order valence-corrected chi connectivity index (χ3v) is 5.66. The molecule has 3 heterocycles. The van der Waals surface area contributed by atoms with Crippen LogP contribution in [0.3, 0.4) is 0 Å². The number of benzene rings is 1. The second-order valence-corrected chi connectivity index (χ2v) is 7.86. The van der Waals surface area contributed by atoms with Crippen LogP contribution in [0.25, 0.3) is 16.5 Å². The molecule has 0 atom stereocenters. The summed E-state index contributed by atoms with van der Waals surface area (Å²) in [6.45, 7) is 3.24. The van der Waals surface area contributed by atoms with Crippen LogP contribution in [0.1, 0.15) is 11.3 Å². The average molecular weight is 452 g/mol. The van der Waals surface area contributed by atoms with E-state index in [4.69, 9.17) is 9.47 Å². The number of anilines is 1. The van der Waals surface area contributed by atoms with E-state index in [-0.39, 0.29) is 24.0 Å². The first kappa shape index (κ1) is 21.3. The lowest BCUT2D eigenvalue weighted by molar-refractivity contribution is -0.118. The molecule has 32 heavy (non-hydrogen) atoms. The van der Waals surface area contributed by atoms with Gasteiger partial charge in [0.25, 0.3) is 11.5 Å². The third-order valence-electron chi connectivity index (χ3n) is 4.76. The number of hydrogen-bond acceptors (Lipinski definition) is 7. The zero-order valence-electron chi connectivity index (χ0n) is 17.7. The number of amides is 1. The average Bonchev–Trinajstić information content (AvgIpc) is 3.46. The van der Waals surface area contributed by atoms with Gasteiger partial charge in [0.15, 0.2) is 6.61 Å². The number of nitrogens with zero attached hydrogens (tertiary/aromatic N) is 3. The van der Waals surface area contributed by atoms with Gasteiger partial charge in [0.2, 0.25) is 5.95 Å². The van der Waals surface area contributed by atoms with E-state index in [9.17, 15) is 9.59 Å². The summed E-state index contributed by atoms with van der Waals surface area (Å²) in [5.41, 5.74) is 1.49. The Morgan fingerprint density at radius 2 is 1.94 bits per heavy atom. The normalized spacial score (nSPS) is 10.7. The van der Waals surface area contributed by atoms with Gasteiger partial charge < -0.3 is 14.8 Å². The van der Waals surface area contributed by atoms with Crippen molar-refractivity contribution in [1.82, 2.24) is 19.7 Å². The molecule has 2 N–H and O–H groups in total. The molecule has 1 amide bonds. The summed E-state index contributed by atoms with van der Waals surface area (Å²) >= 11 is 1.52. The lowest BCUT2D eigenvalue weighted by atomic mass is 10.3. The molecule has 0 fully saturated rings. The molecule has 0 radical (unpaired) electrons. The van der Waals surface area contributed by atoms with Gasteiger partial charge in [-0.2, -0.15) is 9.78 Å². The molecule has 4 aromatic rings. The highest BCUT2D eigenvalue weighted by molar-refractivity contribution is 7.13. The Bertz CT molecular complexity index is 1290. The minimum absolute atomic E-state index is 0.206. The van der Waals surface area contributed by atoms with Gasteiger partial charge in [-0.1, -0.05) is 6.07 Å². The number of aryl methyl sites for hydroxylation is 1. The van der Waals surface area contributed by atoms with Crippen LogP contribution in [0.15, 0.2) is 52.6 Å². The number of thiophene rings is 1. The lowest BCUT2D eigenvalue weighted by Gasteiger charge is -2.10. The predicted molar refractivity (Wildman–Crippen MR) is 122 cm³/mol. The quantitative estimate of drug-likeness (QED) is 0.446. The van der Waals surface area contributed by atoms with E-state index < -0.39 is 0 Å². The van der Waals surface area contributed by atoms with Crippen LogP contribution in [-0.2, 0) is 4.79 Å². The number of methoxy groups -OCH3 is 1. The number of nitrogens with one attached hydrogen (secondary N) is 2. The predicted octanol–water partition coefficient (Wildman–Crippen LogP) is 3.33. The van der Waals surface area contributed by atoms with E-state index in [0.29, 0.717) is 34.3 Å². The van der Waals surface area contributed by atoms with Gasteiger partial charge in [0, 0.05) is 17.3 Å².